The van der Waals surface area contributed by atoms with Crippen LogP contribution in [0.2, 0.25) is 0 Å². The van der Waals surface area contributed by atoms with Crippen LogP contribution in [0.4, 0.5) is 0 Å². The lowest BCUT2D eigenvalue weighted by atomic mass is 10.0. The van der Waals surface area contributed by atoms with E-state index in [2.05, 4.69) is 52.0 Å². The Bertz CT molecular complexity index is 418. The average molecular weight is 533 g/mol. The van der Waals surface area contributed by atoms with E-state index in [0.29, 0.717) is 0 Å². The molecular formula is C38H76. The number of unbranched alkanes of at least 4 members (excludes halogenated alkanes) is 28. The number of hydrogen-bond donors (Lipinski definition) is 0. The van der Waals surface area contributed by atoms with Crippen LogP contribution >= 0.6 is 0 Å². The summed E-state index contributed by atoms with van der Waals surface area (Å²) >= 11 is 0. The van der Waals surface area contributed by atoms with Crippen molar-refractivity contribution in [2.24, 2.45) is 0 Å². The summed E-state index contributed by atoms with van der Waals surface area (Å²) in [5.41, 5.74) is 0. The minimum Gasteiger partial charge on any atom is -0.0917 e. The van der Waals surface area contributed by atoms with Crippen molar-refractivity contribution in [3.63, 3.8) is 0 Å². The molecule has 0 unspecified atom stereocenters. The van der Waals surface area contributed by atoms with Gasteiger partial charge in [-0.05, 0) is 39.5 Å². The van der Waals surface area contributed by atoms with Gasteiger partial charge in [-0.15, -0.1) is 0 Å². The van der Waals surface area contributed by atoms with Gasteiger partial charge < -0.3 is 0 Å². The molecule has 0 amide bonds. The van der Waals surface area contributed by atoms with Crippen LogP contribution < -0.4 is 0 Å². The van der Waals surface area contributed by atoms with Crippen molar-refractivity contribution in [2.45, 2.75) is 220 Å². The molecule has 0 heteroatoms. The van der Waals surface area contributed by atoms with E-state index in [1.165, 1.54) is 193 Å². The zero-order valence-electron chi connectivity index (χ0n) is 27.5. The molecule has 0 saturated carbocycles. The van der Waals surface area contributed by atoms with Gasteiger partial charge in [-0.1, -0.05) is 205 Å². The minimum absolute atomic E-state index is 1.29. The lowest BCUT2D eigenvalue weighted by molar-refractivity contribution is 0.530. The molecule has 0 aliphatic rings. The summed E-state index contributed by atoms with van der Waals surface area (Å²) in [6.45, 7) is 8.81. The first-order valence-corrected chi connectivity index (χ1v) is 18.1. The first-order chi connectivity index (χ1) is 18.8. The normalized spacial score (nSPS) is 11.5. The van der Waals surface area contributed by atoms with Crippen molar-refractivity contribution in [1.29, 1.82) is 0 Å². The molecule has 0 atom stereocenters. The molecule has 0 aromatic carbocycles. The molecular weight excluding hydrogens is 456 g/mol. The van der Waals surface area contributed by atoms with E-state index in [4.69, 9.17) is 0 Å². The van der Waals surface area contributed by atoms with Crippen molar-refractivity contribution in [1.82, 2.24) is 0 Å². The molecule has 0 heterocycles. The van der Waals surface area contributed by atoms with Gasteiger partial charge in [-0.25, -0.2) is 0 Å². The summed E-state index contributed by atoms with van der Waals surface area (Å²) in [7, 11) is 0. The van der Waals surface area contributed by atoms with Crippen LogP contribution in [-0.4, -0.2) is 0 Å². The molecule has 38 heavy (non-hydrogen) atoms. The standard InChI is InChI=1S/C21H42.C17H34/c1-3-5-7-9-11-13-15-17-19-21-20-18-16-14-12-10-8-6-4-2;1-3-5-7-9-11-13-15-17-16-14-12-10-8-6-4-2/h3,5H,4,6-21H2,1-2H3;3,5H,4,6-17H2,1-2H3/b2*5-3+. The Morgan fingerprint density at radius 2 is 0.447 bits per heavy atom. The molecule has 0 aliphatic heterocycles. The van der Waals surface area contributed by atoms with E-state index < -0.39 is 0 Å². The third-order valence-electron chi connectivity index (χ3n) is 7.92. The van der Waals surface area contributed by atoms with Gasteiger partial charge in [0.2, 0.25) is 0 Å². The highest BCUT2D eigenvalue weighted by atomic mass is 14.0. The summed E-state index contributed by atoms with van der Waals surface area (Å²) in [6.07, 6.45) is 52.2. The quantitative estimate of drug-likeness (QED) is 0.0637. The second-order valence-corrected chi connectivity index (χ2v) is 11.9. The van der Waals surface area contributed by atoms with E-state index in [0.717, 1.165) is 0 Å². The van der Waals surface area contributed by atoms with E-state index in [1.807, 2.05) is 0 Å². The fourth-order valence-corrected chi connectivity index (χ4v) is 5.25. The molecule has 0 radical (unpaired) electrons. The Morgan fingerprint density at radius 1 is 0.263 bits per heavy atom. The maximum atomic E-state index is 2.30. The second-order valence-electron chi connectivity index (χ2n) is 11.9. The van der Waals surface area contributed by atoms with Crippen LogP contribution in [0.5, 0.6) is 0 Å². The van der Waals surface area contributed by atoms with E-state index in [-0.39, 0.29) is 0 Å². The van der Waals surface area contributed by atoms with Crippen LogP contribution in [0.3, 0.4) is 0 Å². The lowest BCUT2D eigenvalue weighted by Crippen LogP contribution is -1.83. The molecule has 0 spiro atoms. The molecule has 0 fully saturated rings. The molecule has 228 valence electrons. The van der Waals surface area contributed by atoms with Gasteiger partial charge in [-0.3, -0.25) is 0 Å². The van der Waals surface area contributed by atoms with Crippen LogP contribution in [0, 0.1) is 0 Å². The summed E-state index contributed by atoms with van der Waals surface area (Å²) in [5.74, 6) is 0. The Balaban J connectivity index is 0. The van der Waals surface area contributed by atoms with E-state index >= 15 is 0 Å². The summed E-state index contributed by atoms with van der Waals surface area (Å²) in [4.78, 5) is 0. The highest BCUT2D eigenvalue weighted by molar-refractivity contribution is 4.76. The third kappa shape index (κ3) is 42.6. The fourth-order valence-electron chi connectivity index (χ4n) is 5.25. The molecule has 0 rings (SSSR count). The van der Waals surface area contributed by atoms with Crippen LogP contribution in [0.15, 0.2) is 24.3 Å². The SMILES string of the molecule is C/C=C/CCCCCCCCCCCCCC.C/C=C/CCCCCCCCCCCCCCCCCC. The maximum absolute atomic E-state index is 2.30. The number of allylic oxidation sites excluding steroid dienone is 4. The van der Waals surface area contributed by atoms with E-state index in [1.54, 1.807) is 0 Å². The summed E-state index contributed by atoms with van der Waals surface area (Å²) in [6, 6.07) is 0. The number of rotatable bonds is 30. The van der Waals surface area contributed by atoms with Gasteiger partial charge >= 0.3 is 0 Å². The van der Waals surface area contributed by atoms with Gasteiger partial charge in [0.25, 0.3) is 0 Å². The van der Waals surface area contributed by atoms with Crippen molar-refractivity contribution < 1.29 is 0 Å². The largest absolute Gasteiger partial charge is 0.0917 e. The second kappa shape index (κ2) is 41.0. The molecule has 0 saturated heterocycles. The van der Waals surface area contributed by atoms with Crippen LogP contribution in [-0.2, 0) is 0 Å². The number of hydrogen-bond acceptors (Lipinski definition) is 0. The van der Waals surface area contributed by atoms with Crippen molar-refractivity contribution in [3.8, 4) is 0 Å². The zero-order chi connectivity index (χ0) is 28.0. The monoisotopic (exact) mass is 533 g/mol. The topological polar surface area (TPSA) is 0 Å². The summed E-state index contributed by atoms with van der Waals surface area (Å²) in [5, 5.41) is 0. The maximum Gasteiger partial charge on any atom is -0.0351 e. The highest BCUT2D eigenvalue weighted by Gasteiger charge is 1.95. The molecule has 0 aliphatic carbocycles. The Kier molecular flexibility index (Phi) is 42.7. The highest BCUT2D eigenvalue weighted by Crippen LogP contribution is 2.14. The molecule has 0 N–H and O–H groups in total. The Morgan fingerprint density at radius 3 is 0.632 bits per heavy atom. The molecule has 0 aromatic rings. The fraction of sp³-hybridized carbons (Fsp3) is 0.895. The predicted octanol–water partition coefficient (Wildman–Crippen LogP) is 14.9. The van der Waals surface area contributed by atoms with Gasteiger partial charge in [0.15, 0.2) is 0 Å². The van der Waals surface area contributed by atoms with Crippen molar-refractivity contribution in [3.05, 3.63) is 24.3 Å². The van der Waals surface area contributed by atoms with Crippen molar-refractivity contribution >= 4 is 0 Å². The van der Waals surface area contributed by atoms with Crippen LogP contribution in [0.25, 0.3) is 0 Å². The lowest BCUT2D eigenvalue weighted by Gasteiger charge is -2.03. The van der Waals surface area contributed by atoms with E-state index in [9.17, 15) is 0 Å². The Hall–Kier alpha value is -0.520. The molecule has 0 nitrogen and oxygen atoms in total. The Labute approximate surface area is 244 Å². The zero-order valence-corrected chi connectivity index (χ0v) is 27.5. The minimum atomic E-state index is 1.29. The van der Waals surface area contributed by atoms with Gasteiger partial charge in [0.05, 0.1) is 0 Å². The molecule has 0 aromatic heterocycles. The van der Waals surface area contributed by atoms with Crippen LogP contribution in [0.1, 0.15) is 220 Å². The predicted molar refractivity (Wildman–Crippen MR) is 179 cm³/mol. The molecule has 0 bridgehead atoms. The first-order valence-electron chi connectivity index (χ1n) is 18.1. The first kappa shape index (κ1) is 39.6. The van der Waals surface area contributed by atoms with Crippen molar-refractivity contribution in [2.75, 3.05) is 0 Å². The third-order valence-corrected chi connectivity index (χ3v) is 7.92. The average Bonchev–Trinajstić information content (AvgIpc) is 2.93. The van der Waals surface area contributed by atoms with Gasteiger partial charge in [0.1, 0.15) is 0 Å². The van der Waals surface area contributed by atoms with Gasteiger partial charge in [0, 0.05) is 0 Å². The van der Waals surface area contributed by atoms with Gasteiger partial charge in [-0.2, -0.15) is 0 Å². The summed E-state index contributed by atoms with van der Waals surface area (Å²) < 4.78 is 0. The smallest absolute Gasteiger partial charge is 0.0351 e.